The minimum atomic E-state index is -1.06. The summed E-state index contributed by atoms with van der Waals surface area (Å²) in [6, 6.07) is 8.34. The SMILES string of the molecule is O=C(O)c1[nH]c2cc(Br)c(O)cc2c1Cc1ccc(Cl)c(Cl)c1. The van der Waals surface area contributed by atoms with Crippen molar-refractivity contribution in [1.82, 2.24) is 4.98 Å². The standard InChI is InChI=1S/C16H10BrCl2NO3/c17-10-6-13-8(5-14(10)21)9(15(20-13)16(22)23)3-7-1-2-11(18)12(19)4-7/h1-2,4-6,20-21H,3H2,(H,22,23). The van der Waals surface area contributed by atoms with Gasteiger partial charge in [0.15, 0.2) is 0 Å². The number of hydrogen-bond donors (Lipinski definition) is 3. The molecule has 0 aliphatic rings. The number of aromatic amines is 1. The molecule has 0 amide bonds. The zero-order valence-electron chi connectivity index (χ0n) is 11.5. The number of nitrogens with one attached hydrogen (secondary N) is 1. The van der Waals surface area contributed by atoms with Gasteiger partial charge in [-0.25, -0.2) is 4.79 Å². The molecule has 0 radical (unpaired) electrons. The van der Waals surface area contributed by atoms with Gasteiger partial charge in [0.1, 0.15) is 11.4 Å². The van der Waals surface area contributed by atoms with E-state index in [0.717, 1.165) is 5.56 Å². The van der Waals surface area contributed by atoms with Gasteiger partial charge in [-0.1, -0.05) is 29.3 Å². The maximum Gasteiger partial charge on any atom is 0.352 e. The molecule has 3 N–H and O–H groups in total. The number of aromatic hydroxyl groups is 1. The van der Waals surface area contributed by atoms with Crippen molar-refractivity contribution in [3.63, 3.8) is 0 Å². The molecule has 7 heteroatoms. The van der Waals surface area contributed by atoms with Crippen molar-refractivity contribution in [2.75, 3.05) is 0 Å². The topological polar surface area (TPSA) is 73.3 Å². The number of aromatic nitrogens is 1. The Bertz CT molecular complexity index is 937. The highest BCUT2D eigenvalue weighted by Crippen LogP contribution is 2.34. The van der Waals surface area contributed by atoms with E-state index in [0.29, 0.717) is 37.4 Å². The van der Waals surface area contributed by atoms with E-state index >= 15 is 0 Å². The third kappa shape index (κ3) is 3.04. The fraction of sp³-hybridized carbons (Fsp3) is 0.0625. The number of carboxylic acids is 1. The molecule has 118 valence electrons. The highest BCUT2D eigenvalue weighted by atomic mass is 79.9. The van der Waals surface area contributed by atoms with Crippen LogP contribution in [0.3, 0.4) is 0 Å². The van der Waals surface area contributed by atoms with Gasteiger partial charge in [0.05, 0.1) is 14.5 Å². The third-order valence-corrected chi connectivity index (χ3v) is 4.93. The Morgan fingerprint density at radius 3 is 2.57 bits per heavy atom. The Hall–Kier alpha value is -1.69. The Balaban J connectivity index is 2.17. The van der Waals surface area contributed by atoms with Crippen molar-refractivity contribution in [2.45, 2.75) is 6.42 Å². The lowest BCUT2D eigenvalue weighted by molar-refractivity contribution is 0.0690. The zero-order valence-corrected chi connectivity index (χ0v) is 14.6. The molecule has 1 aromatic heterocycles. The number of hydrogen-bond acceptors (Lipinski definition) is 2. The predicted octanol–water partition coefficient (Wildman–Crippen LogP) is 5.23. The maximum absolute atomic E-state index is 11.5. The van der Waals surface area contributed by atoms with Crippen molar-refractivity contribution in [3.05, 3.63) is 61.7 Å². The predicted molar refractivity (Wildman–Crippen MR) is 93.9 cm³/mol. The van der Waals surface area contributed by atoms with Gasteiger partial charge in [-0.15, -0.1) is 0 Å². The molecule has 3 aromatic rings. The first kappa shape index (κ1) is 16.2. The molecule has 0 saturated heterocycles. The maximum atomic E-state index is 11.5. The van der Waals surface area contributed by atoms with Crippen molar-refractivity contribution >= 4 is 56.0 Å². The Labute approximate surface area is 149 Å². The average molecular weight is 415 g/mol. The monoisotopic (exact) mass is 413 g/mol. The number of fused-ring (bicyclic) bond motifs is 1. The van der Waals surface area contributed by atoms with Crippen LogP contribution in [-0.4, -0.2) is 21.2 Å². The molecule has 0 bridgehead atoms. The van der Waals surface area contributed by atoms with Crippen LogP contribution in [0, 0.1) is 0 Å². The largest absolute Gasteiger partial charge is 0.507 e. The number of carboxylic acid groups (broad SMARTS) is 1. The molecule has 4 nitrogen and oxygen atoms in total. The Morgan fingerprint density at radius 1 is 1.17 bits per heavy atom. The number of phenols is 1. The molecule has 0 spiro atoms. The minimum absolute atomic E-state index is 0.0452. The summed E-state index contributed by atoms with van der Waals surface area (Å²) in [5.41, 5.74) is 2.12. The van der Waals surface area contributed by atoms with Gasteiger partial charge in [-0.2, -0.15) is 0 Å². The van der Waals surface area contributed by atoms with Crippen LogP contribution >= 0.6 is 39.1 Å². The zero-order chi connectivity index (χ0) is 16.7. The van der Waals surface area contributed by atoms with Crippen molar-refractivity contribution in [3.8, 4) is 5.75 Å². The molecule has 2 aromatic carbocycles. The third-order valence-electron chi connectivity index (χ3n) is 3.55. The smallest absolute Gasteiger partial charge is 0.352 e. The summed E-state index contributed by atoms with van der Waals surface area (Å²) >= 11 is 15.1. The summed E-state index contributed by atoms with van der Waals surface area (Å²) in [5.74, 6) is -1.02. The summed E-state index contributed by atoms with van der Waals surface area (Å²) in [7, 11) is 0. The molecule has 23 heavy (non-hydrogen) atoms. The fourth-order valence-electron chi connectivity index (χ4n) is 2.48. The van der Waals surface area contributed by atoms with Crippen LogP contribution in [0.15, 0.2) is 34.8 Å². The number of phenolic OH excluding ortho intramolecular Hbond substituents is 1. The quantitative estimate of drug-likeness (QED) is 0.549. The Kier molecular flexibility index (Phi) is 4.27. The van der Waals surface area contributed by atoms with Crippen LogP contribution in [-0.2, 0) is 6.42 Å². The van der Waals surface area contributed by atoms with Crippen molar-refractivity contribution < 1.29 is 15.0 Å². The van der Waals surface area contributed by atoms with E-state index in [-0.39, 0.29) is 11.4 Å². The van der Waals surface area contributed by atoms with E-state index in [1.54, 1.807) is 24.3 Å². The van der Waals surface area contributed by atoms with Crippen molar-refractivity contribution in [1.29, 1.82) is 0 Å². The highest BCUT2D eigenvalue weighted by Gasteiger charge is 2.19. The van der Waals surface area contributed by atoms with Crippen LogP contribution in [0.2, 0.25) is 10.0 Å². The van der Waals surface area contributed by atoms with E-state index < -0.39 is 5.97 Å². The molecular formula is C16H10BrCl2NO3. The Morgan fingerprint density at radius 2 is 1.91 bits per heavy atom. The van der Waals surface area contributed by atoms with Crippen LogP contribution in [0.4, 0.5) is 0 Å². The van der Waals surface area contributed by atoms with E-state index in [1.165, 1.54) is 6.07 Å². The molecule has 0 saturated carbocycles. The fourth-order valence-corrected chi connectivity index (χ4v) is 3.14. The van der Waals surface area contributed by atoms with Crippen molar-refractivity contribution in [2.24, 2.45) is 0 Å². The van der Waals surface area contributed by atoms with Gasteiger partial charge in [0, 0.05) is 17.3 Å². The van der Waals surface area contributed by atoms with Gasteiger partial charge >= 0.3 is 5.97 Å². The number of H-pyrrole nitrogens is 1. The van der Waals surface area contributed by atoms with E-state index in [2.05, 4.69) is 20.9 Å². The second-order valence-corrected chi connectivity index (χ2v) is 6.73. The van der Waals surface area contributed by atoms with Gasteiger partial charge in [-0.05, 0) is 51.3 Å². The lowest BCUT2D eigenvalue weighted by Gasteiger charge is -2.05. The molecule has 0 aliphatic carbocycles. The average Bonchev–Trinajstić information content (AvgIpc) is 2.82. The highest BCUT2D eigenvalue weighted by molar-refractivity contribution is 9.10. The molecule has 3 rings (SSSR count). The molecule has 0 aliphatic heterocycles. The number of carbonyl (C=O) groups is 1. The van der Waals surface area contributed by atoms with Gasteiger partial charge in [-0.3, -0.25) is 0 Å². The second-order valence-electron chi connectivity index (χ2n) is 5.06. The normalized spacial score (nSPS) is 11.1. The number of rotatable bonds is 3. The molecule has 0 atom stereocenters. The first-order chi connectivity index (χ1) is 10.9. The number of aromatic carboxylic acids is 1. The second kappa shape index (κ2) is 6.07. The molecule has 0 unspecified atom stereocenters. The van der Waals surface area contributed by atoms with Crippen LogP contribution in [0.1, 0.15) is 21.6 Å². The van der Waals surface area contributed by atoms with E-state index in [4.69, 9.17) is 23.2 Å². The van der Waals surface area contributed by atoms with Gasteiger partial charge < -0.3 is 15.2 Å². The molecule has 0 fully saturated rings. The minimum Gasteiger partial charge on any atom is -0.507 e. The summed E-state index contributed by atoms with van der Waals surface area (Å²) in [6.45, 7) is 0. The lowest BCUT2D eigenvalue weighted by Crippen LogP contribution is -2.02. The summed E-state index contributed by atoms with van der Waals surface area (Å²) in [4.78, 5) is 14.4. The first-order valence-corrected chi connectivity index (χ1v) is 8.12. The van der Waals surface area contributed by atoms with E-state index in [9.17, 15) is 15.0 Å². The van der Waals surface area contributed by atoms with E-state index in [1.807, 2.05) is 0 Å². The summed E-state index contributed by atoms with van der Waals surface area (Å²) in [6.07, 6.45) is 0.347. The number of halogens is 3. The number of benzene rings is 2. The van der Waals surface area contributed by atoms with Crippen LogP contribution in [0.5, 0.6) is 5.75 Å². The molecular weight excluding hydrogens is 405 g/mol. The first-order valence-electron chi connectivity index (χ1n) is 6.57. The summed E-state index contributed by atoms with van der Waals surface area (Å²) in [5, 5.41) is 20.8. The van der Waals surface area contributed by atoms with Gasteiger partial charge in [0.25, 0.3) is 0 Å². The van der Waals surface area contributed by atoms with Crippen LogP contribution < -0.4 is 0 Å². The molecule has 1 heterocycles. The summed E-state index contributed by atoms with van der Waals surface area (Å²) < 4.78 is 0.490. The van der Waals surface area contributed by atoms with Crippen LogP contribution in [0.25, 0.3) is 10.9 Å². The van der Waals surface area contributed by atoms with Gasteiger partial charge in [0.2, 0.25) is 0 Å². The lowest BCUT2D eigenvalue weighted by atomic mass is 10.0.